The second-order valence-electron chi connectivity index (χ2n) is 4.89. The van der Waals surface area contributed by atoms with E-state index in [1.165, 1.54) is 22.5 Å². The van der Waals surface area contributed by atoms with Crippen LogP contribution in [-0.2, 0) is 0 Å². The summed E-state index contributed by atoms with van der Waals surface area (Å²) in [5.41, 5.74) is 8.73. The van der Waals surface area contributed by atoms with Crippen molar-refractivity contribution in [1.82, 2.24) is 4.98 Å². The molecule has 0 amide bonds. The minimum absolute atomic E-state index is 0.0965. The average Bonchev–Trinajstić information content (AvgIpc) is 2.46. The van der Waals surface area contributed by atoms with Crippen molar-refractivity contribution in [3.05, 3.63) is 42.1 Å². The molecule has 1 aliphatic heterocycles. The van der Waals surface area contributed by atoms with Crippen LogP contribution in [0.15, 0.2) is 36.5 Å². The first kappa shape index (κ1) is 13.3. The van der Waals surface area contributed by atoms with Crippen LogP contribution in [0, 0.1) is 0 Å². The molecule has 3 atom stereocenters. The molecular formula is C15H18N2S2. The fourth-order valence-electron chi connectivity index (χ4n) is 2.52. The molecule has 19 heavy (non-hydrogen) atoms. The highest BCUT2D eigenvalue weighted by molar-refractivity contribution is 8.07. The lowest BCUT2D eigenvalue weighted by Gasteiger charge is -2.32. The van der Waals surface area contributed by atoms with Crippen LogP contribution < -0.4 is 5.73 Å². The van der Waals surface area contributed by atoms with Crippen molar-refractivity contribution in [2.75, 3.05) is 11.5 Å². The molecule has 3 unspecified atom stereocenters. The first-order chi connectivity index (χ1) is 9.25. The van der Waals surface area contributed by atoms with Crippen LogP contribution in [0.4, 0.5) is 0 Å². The Morgan fingerprint density at radius 1 is 1.26 bits per heavy atom. The molecule has 2 heterocycles. The van der Waals surface area contributed by atoms with Crippen molar-refractivity contribution < 1.29 is 0 Å². The summed E-state index contributed by atoms with van der Waals surface area (Å²) >= 11 is 4.05. The van der Waals surface area contributed by atoms with Crippen LogP contribution >= 0.6 is 23.5 Å². The zero-order valence-corrected chi connectivity index (χ0v) is 12.6. The third kappa shape index (κ3) is 2.76. The van der Waals surface area contributed by atoms with Gasteiger partial charge in [0.15, 0.2) is 0 Å². The SMILES string of the molecule is CC1SCCSC1C(N)c1ccc2cccnc2c1. The first-order valence-electron chi connectivity index (χ1n) is 6.59. The van der Waals surface area contributed by atoms with Gasteiger partial charge in [-0.25, -0.2) is 0 Å². The number of thioether (sulfide) groups is 2. The predicted octanol–water partition coefficient (Wildman–Crippen LogP) is 3.47. The van der Waals surface area contributed by atoms with E-state index in [2.05, 4.69) is 36.2 Å². The normalized spacial score (nSPS) is 25.4. The molecule has 0 spiro atoms. The van der Waals surface area contributed by atoms with E-state index in [0.29, 0.717) is 10.5 Å². The van der Waals surface area contributed by atoms with Crippen LogP contribution in [0.2, 0.25) is 0 Å². The Balaban J connectivity index is 1.90. The number of hydrogen-bond acceptors (Lipinski definition) is 4. The summed E-state index contributed by atoms with van der Waals surface area (Å²) in [6.07, 6.45) is 1.84. The summed E-state index contributed by atoms with van der Waals surface area (Å²) in [7, 11) is 0. The lowest BCUT2D eigenvalue weighted by Crippen LogP contribution is -2.34. The fraction of sp³-hybridized carbons (Fsp3) is 0.400. The Labute approximate surface area is 122 Å². The quantitative estimate of drug-likeness (QED) is 0.919. The standard InChI is InChI=1S/C15H18N2S2/c1-10-15(19-8-7-18-10)14(16)12-5-4-11-3-2-6-17-13(11)9-12/h2-6,9-10,14-15H,7-8,16H2,1H3. The van der Waals surface area contributed by atoms with Gasteiger partial charge >= 0.3 is 0 Å². The van der Waals surface area contributed by atoms with Crippen molar-refractivity contribution in [3.63, 3.8) is 0 Å². The van der Waals surface area contributed by atoms with Gasteiger partial charge in [0.2, 0.25) is 0 Å². The lowest BCUT2D eigenvalue weighted by atomic mass is 10.0. The van der Waals surface area contributed by atoms with Crippen LogP contribution in [0.3, 0.4) is 0 Å². The monoisotopic (exact) mass is 290 g/mol. The Kier molecular flexibility index (Phi) is 4.01. The Morgan fingerprint density at radius 2 is 2.11 bits per heavy atom. The third-order valence-electron chi connectivity index (χ3n) is 3.61. The summed E-state index contributed by atoms with van der Waals surface area (Å²) < 4.78 is 0. The summed E-state index contributed by atoms with van der Waals surface area (Å²) in [5.74, 6) is 2.45. The maximum Gasteiger partial charge on any atom is 0.0705 e. The Bertz CT molecular complexity index is 573. The number of nitrogens with two attached hydrogens (primary N) is 1. The number of hydrogen-bond donors (Lipinski definition) is 1. The summed E-state index contributed by atoms with van der Waals surface area (Å²) in [4.78, 5) is 4.42. The van der Waals surface area contributed by atoms with Crippen molar-refractivity contribution >= 4 is 34.4 Å². The van der Waals surface area contributed by atoms with Gasteiger partial charge in [-0.05, 0) is 17.7 Å². The van der Waals surface area contributed by atoms with Gasteiger partial charge in [-0.3, -0.25) is 4.98 Å². The van der Waals surface area contributed by atoms with Gasteiger partial charge < -0.3 is 5.73 Å². The van der Waals surface area contributed by atoms with Gasteiger partial charge in [-0.1, -0.05) is 25.1 Å². The summed E-state index contributed by atoms with van der Waals surface area (Å²) in [6, 6.07) is 10.6. The number of pyridine rings is 1. The maximum absolute atomic E-state index is 6.49. The minimum atomic E-state index is 0.0965. The second kappa shape index (κ2) is 5.73. The van der Waals surface area contributed by atoms with Crippen LogP contribution in [-0.4, -0.2) is 27.0 Å². The molecule has 1 aromatic carbocycles. The van der Waals surface area contributed by atoms with E-state index in [1.54, 1.807) is 0 Å². The van der Waals surface area contributed by atoms with Crippen LogP contribution in [0.1, 0.15) is 18.5 Å². The maximum atomic E-state index is 6.49. The minimum Gasteiger partial charge on any atom is -0.323 e. The molecule has 2 aromatic rings. The van der Waals surface area contributed by atoms with Crippen molar-refractivity contribution in [1.29, 1.82) is 0 Å². The molecule has 0 aliphatic carbocycles. The number of nitrogens with zero attached hydrogens (tertiary/aromatic N) is 1. The summed E-state index contributed by atoms with van der Waals surface area (Å²) in [6.45, 7) is 2.29. The van der Waals surface area contributed by atoms with E-state index in [9.17, 15) is 0 Å². The van der Waals surface area contributed by atoms with E-state index in [4.69, 9.17) is 5.73 Å². The second-order valence-corrected chi connectivity index (χ2v) is 7.66. The van der Waals surface area contributed by atoms with Gasteiger partial charge in [-0.15, -0.1) is 0 Å². The average molecular weight is 290 g/mol. The van der Waals surface area contributed by atoms with Gasteiger partial charge in [0.1, 0.15) is 0 Å². The highest BCUT2D eigenvalue weighted by Gasteiger charge is 2.29. The van der Waals surface area contributed by atoms with Crippen LogP contribution in [0.25, 0.3) is 10.9 Å². The lowest BCUT2D eigenvalue weighted by molar-refractivity contribution is 0.664. The van der Waals surface area contributed by atoms with E-state index >= 15 is 0 Å². The Morgan fingerprint density at radius 3 is 2.95 bits per heavy atom. The Hall–Kier alpha value is -0.710. The van der Waals surface area contributed by atoms with Gasteiger partial charge in [0, 0.05) is 39.6 Å². The van der Waals surface area contributed by atoms with E-state index < -0.39 is 0 Å². The highest BCUT2D eigenvalue weighted by atomic mass is 32.2. The summed E-state index contributed by atoms with van der Waals surface area (Å²) in [5, 5.41) is 2.30. The molecule has 2 N–H and O–H groups in total. The van der Waals surface area contributed by atoms with E-state index in [-0.39, 0.29) is 6.04 Å². The topological polar surface area (TPSA) is 38.9 Å². The molecule has 1 aromatic heterocycles. The third-order valence-corrected chi connectivity index (χ3v) is 6.82. The molecule has 0 saturated carbocycles. The number of fused-ring (bicyclic) bond motifs is 1. The molecule has 100 valence electrons. The van der Waals surface area contributed by atoms with E-state index in [0.717, 1.165) is 5.52 Å². The van der Waals surface area contributed by atoms with Crippen LogP contribution in [0.5, 0.6) is 0 Å². The van der Waals surface area contributed by atoms with Gasteiger partial charge in [-0.2, -0.15) is 23.5 Å². The number of rotatable bonds is 2. The predicted molar refractivity (Wildman–Crippen MR) is 86.8 cm³/mol. The van der Waals surface area contributed by atoms with E-state index in [1.807, 2.05) is 35.8 Å². The highest BCUT2D eigenvalue weighted by Crippen LogP contribution is 2.37. The van der Waals surface area contributed by atoms with Crippen molar-refractivity contribution in [2.45, 2.75) is 23.5 Å². The molecule has 3 rings (SSSR count). The number of aromatic nitrogens is 1. The van der Waals surface area contributed by atoms with Gasteiger partial charge in [0.05, 0.1) is 5.52 Å². The molecule has 1 fully saturated rings. The molecule has 2 nitrogen and oxygen atoms in total. The number of benzene rings is 1. The first-order valence-corrected chi connectivity index (χ1v) is 8.69. The molecule has 1 aliphatic rings. The smallest absolute Gasteiger partial charge is 0.0705 e. The largest absolute Gasteiger partial charge is 0.323 e. The molecule has 0 bridgehead atoms. The van der Waals surface area contributed by atoms with Crippen molar-refractivity contribution in [2.24, 2.45) is 5.73 Å². The van der Waals surface area contributed by atoms with Crippen molar-refractivity contribution in [3.8, 4) is 0 Å². The molecular weight excluding hydrogens is 272 g/mol. The molecule has 0 radical (unpaired) electrons. The van der Waals surface area contributed by atoms with Gasteiger partial charge in [0.25, 0.3) is 0 Å². The zero-order chi connectivity index (χ0) is 13.2. The molecule has 1 saturated heterocycles. The molecule has 4 heteroatoms. The zero-order valence-electron chi connectivity index (χ0n) is 11.0. The fourth-order valence-corrected chi connectivity index (χ4v) is 5.40.